The van der Waals surface area contributed by atoms with Crippen LogP contribution in [0.25, 0.3) is 11.0 Å². The Hall–Kier alpha value is -1.84. The standard InChI is InChI=1S/C19H24N2O2/c1-18(2)12-8-9-19(18,3)16(10-12)20-17(22)11-14-13-6-4-5-7-15(13)23-21-14/h4-7,12,16H,8-11H2,1-3H3,(H,20,22). The van der Waals surface area contributed by atoms with Crippen LogP contribution in [0.3, 0.4) is 0 Å². The van der Waals surface area contributed by atoms with Gasteiger partial charge < -0.3 is 9.84 Å². The number of rotatable bonds is 3. The SMILES string of the molecule is CC1(C)C2CCC1(C)C(NC(=O)Cc1noc3ccccc13)C2. The van der Waals surface area contributed by atoms with Crippen molar-refractivity contribution in [2.75, 3.05) is 0 Å². The van der Waals surface area contributed by atoms with E-state index in [9.17, 15) is 4.79 Å². The number of para-hydroxylation sites is 1. The lowest BCUT2D eigenvalue weighted by Crippen LogP contribution is -2.47. The third-order valence-electron chi connectivity index (χ3n) is 6.91. The molecule has 1 amide bonds. The van der Waals surface area contributed by atoms with Gasteiger partial charge in [0.15, 0.2) is 5.58 Å². The van der Waals surface area contributed by atoms with Crippen molar-refractivity contribution in [3.8, 4) is 0 Å². The zero-order chi connectivity index (χ0) is 16.2. The van der Waals surface area contributed by atoms with Gasteiger partial charge in [0.2, 0.25) is 5.91 Å². The fraction of sp³-hybridized carbons (Fsp3) is 0.579. The van der Waals surface area contributed by atoms with E-state index in [0.717, 1.165) is 29.0 Å². The molecule has 1 aromatic carbocycles. The van der Waals surface area contributed by atoms with Crippen LogP contribution in [-0.4, -0.2) is 17.1 Å². The number of nitrogens with one attached hydrogen (secondary N) is 1. The van der Waals surface area contributed by atoms with Crippen LogP contribution in [0.5, 0.6) is 0 Å². The van der Waals surface area contributed by atoms with E-state index >= 15 is 0 Å². The first kappa shape index (κ1) is 14.7. The average Bonchev–Trinajstić information content (AvgIpc) is 3.07. The number of amides is 1. The van der Waals surface area contributed by atoms with Crippen LogP contribution in [-0.2, 0) is 11.2 Å². The first-order valence-corrected chi connectivity index (χ1v) is 8.54. The second kappa shape index (κ2) is 4.83. The molecule has 0 aliphatic heterocycles. The number of hydrogen-bond donors (Lipinski definition) is 1. The van der Waals surface area contributed by atoms with E-state index < -0.39 is 0 Å². The molecule has 2 fully saturated rings. The van der Waals surface area contributed by atoms with Gasteiger partial charge >= 0.3 is 0 Å². The Morgan fingerprint density at radius 3 is 2.83 bits per heavy atom. The third-order valence-corrected chi connectivity index (χ3v) is 6.91. The first-order chi connectivity index (χ1) is 10.9. The number of benzene rings is 1. The zero-order valence-electron chi connectivity index (χ0n) is 14.1. The van der Waals surface area contributed by atoms with Gasteiger partial charge in [-0.3, -0.25) is 4.79 Å². The normalized spacial score (nSPS) is 31.6. The van der Waals surface area contributed by atoms with Gasteiger partial charge in [-0.25, -0.2) is 0 Å². The van der Waals surface area contributed by atoms with Crippen LogP contribution in [0.4, 0.5) is 0 Å². The van der Waals surface area contributed by atoms with Crippen molar-refractivity contribution in [2.45, 2.75) is 52.5 Å². The van der Waals surface area contributed by atoms with Gasteiger partial charge in [0.1, 0.15) is 5.69 Å². The molecule has 2 aromatic rings. The predicted molar refractivity (Wildman–Crippen MR) is 88.9 cm³/mol. The molecule has 2 aliphatic carbocycles. The summed E-state index contributed by atoms with van der Waals surface area (Å²) in [5.74, 6) is 0.782. The summed E-state index contributed by atoms with van der Waals surface area (Å²) < 4.78 is 5.29. The summed E-state index contributed by atoms with van der Waals surface area (Å²) in [5.41, 5.74) is 1.99. The smallest absolute Gasteiger partial charge is 0.226 e. The topological polar surface area (TPSA) is 55.1 Å². The van der Waals surface area contributed by atoms with E-state index in [0.29, 0.717) is 5.41 Å². The Bertz CT molecular complexity index is 764. The van der Waals surface area contributed by atoms with Crippen molar-refractivity contribution in [3.05, 3.63) is 30.0 Å². The summed E-state index contributed by atoms with van der Waals surface area (Å²) in [6.45, 7) is 7.07. The van der Waals surface area contributed by atoms with Gasteiger partial charge in [-0.05, 0) is 48.1 Å². The lowest BCUT2D eigenvalue weighted by Gasteiger charge is -2.39. The van der Waals surface area contributed by atoms with Gasteiger partial charge in [-0.15, -0.1) is 0 Å². The zero-order valence-corrected chi connectivity index (χ0v) is 14.1. The summed E-state index contributed by atoms with van der Waals surface area (Å²) in [5, 5.41) is 8.29. The molecule has 0 spiro atoms. The van der Waals surface area contributed by atoms with E-state index in [4.69, 9.17) is 4.52 Å². The van der Waals surface area contributed by atoms with E-state index in [1.54, 1.807) is 0 Å². The average molecular weight is 312 g/mol. The van der Waals surface area contributed by atoms with Crippen LogP contribution in [0, 0.1) is 16.7 Å². The molecule has 2 saturated carbocycles. The second-order valence-electron chi connectivity index (χ2n) is 8.03. The second-order valence-corrected chi connectivity index (χ2v) is 8.03. The Labute approximate surface area is 136 Å². The maximum absolute atomic E-state index is 12.5. The number of carbonyl (C=O) groups is 1. The van der Waals surface area contributed by atoms with Crippen molar-refractivity contribution in [3.63, 3.8) is 0 Å². The third kappa shape index (κ3) is 2.03. The van der Waals surface area contributed by atoms with Crippen molar-refractivity contribution in [2.24, 2.45) is 16.7 Å². The Balaban J connectivity index is 1.49. The summed E-state index contributed by atoms with van der Waals surface area (Å²) >= 11 is 0. The lowest BCUT2D eigenvalue weighted by atomic mass is 9.69. The lowest BCUT2D eigenvalue weighted by molar-refractivity contribution is -0.122. The summed E-state index contributed by atoms with van der Waals surface area (Å²) in [6.07, 6.45) is 3.90. The van der Waals surface area contributed by atoms with Crippen molar-refractivity contribution < 1.29 is 9.32 Å². The maximum Gasteiger partial charge on any atom is 0.226 e. The Morgan fingerprint density at radius 1 is 1.35 bits per heavy atom. The maximum atomic E-state index is 12.5. The minimum absolute atomic E-state index is 0.0543. The summed E-state index contributed by atoms with van der Waals surface area (Å²) in [7, 11) is 0. The van der Waals surface area contributed by atoms with Crippen molar-refractivity contribution >= 4 is 16.9 Å². The minimum Gasteiger partial charge on any atom is -0.356 e. The van der Waals surface area contributed by atoms with Gasteiger partial charge in [0, 0.05) is 11.4 Å². The number of hydrogen-bond acceptors (Lipinski definition) is 3. The highest BCUT2D eigenvalue weighted by molar-refractivity contribution is 5.86. The van der Waals surface area contributed by atoms with E-state index in [-0.39, 0.29) is 23.8 Å². The fourth-order valence-corrected chi connectivity index (χ4v) is 4.89. The molecule has 1 heterocycles. The van der Waals surface area contributed by atoms with Crippen LogP contribution in [0.1, 0.15) is 45.7 Å². The Kier molecular flexibility index (Phi) is 3.09. The number of aromatic nitrogens is 1. The van der Waals surface area contributed by atoms with Crippen molar-refractivity contribution in [1.82, 2.24) is 10.5 Å². The largest absolute Gasteiger partial charge is 0.356 e. The monoisotopic (exact) mass is 312 g/mol. The molecule has 2 bridgehead atoms. The van der Waals surface area contributed by atoms with Gasteiger partial charge in [0.05, 0.1) is 6.42 Å². The molecule has 2 aliphatic rings. The van der Waals surface area contributed by atoms with Crippen LogP contribution < -0.4 is 5.32 Å². The highest BCUT2D eigenvalue weighted by Gasteiger charge is 2.61. The molecule has 3 atom stereocenters. The first-order valence-electron chi connectivity index (χ1n) is 8.54. The molecule has 4 rings (SSSR count). The van der Waals surface area contributed by atoms with Crippen molar-refractivity contribution in [1.29, 1.82) is 0 Å². The summed E-state index contributed by atoms with van der Waals surface area (Å²) in [4.78, 5) is 12.5. The molecular weight excluding hydrogens is 288 g/mol. The number of fused-ring (bicyclic) bond motifs is 3. The fourth-order valence-electron chi connectivity index (χ4n) is 4.89. The van der Waals surface area contributed by atoms with Crippen LogP contribution in [0.2, 0.25) is 0 Å². The van der Waals surface area contributed by atoms with Gasteiger partial charge in [-0.2, -0.15) is 0 Å². The van der Waals surface area contributed by atoms with E-state index in [1.807, 2.05) is 24.3 Å². The summed E-state index contributed by atoms with van der Waals surface area (Å²) in [6, 6.07) is 7.97. The predicted octanol–water partition coefficient (Wildman–Crippen LogP) is 3.70. The number of nitrogens with zero attached hydrogens (tertiary/aromatic N) is 1. The molecule has 0 saturated heterocycles. The van der Waals surface area contributed by atoms with Gasteiger partial charge in [-0.1, -0.05) is 38.1 Å². The number of carbonyl (C=O) groups excluding carboxylic acids is 1. The quantitative estimate of drug-likeness (QED) is 0.940. The molecular formula is C19H24N2O2. The Morgan fingerprint density at radius 2 is 2.13 bits per heavy atom. The van der Waals surface area contributed by atoms with Crippen LogP contribution in [0.15, 0.2) is 28.8 Å². The minimum atomic E-state index is 0.0543. The van der Waals surface area contributed by atoms with E-state index in [2.05, 4.69) is 31.2 Å². The molecule has 23 heavy (non-hydrogen) atoms. The molecule has 122 valence electrons. The molecule has 0 radical (unpaired) electrons. The molecule has 3 unspecified atom stereocenters. The van der Waals surface area contributed by atoms with Gasteiger partial charge in [0.25, 0.3) is 0 Å². The highest BCUT2D eigenvalue weighted by atomic mass is 16.5. The van der Waals surface area contributed by atoms with Crippen LogP contribution >= 0.6 is 0 Å². The molecule has 1 N–H and O–H groups in total. The molecule has 1 aromatic heterocycles. The molecule has 4 heteroatoms. The van der Waals surface area contributed by atoms with E-state index in [1.165, 1.54) is 12.8 Å². The molecule has 4 nitrogen and oxygen atoms in total. The highest BCUT2D eigenvalue weighted by Crippen LogP contribution is 2.65.